The molecule has 0 unspecified atom stereocenters. The van der Waals surface area contributed by atoms with E-state index in [9.17, 15) is 0 Å². The number of fused-ring (bicyclic) bond motifs is 1. The molecule has 0 amide bonds. The predicted octanol–water partition coefficient (Wildman–Crippen LogP) is 2.76. The Morgan fingerprint density at radius 3 is 2.86 bits per heavy atom. The maximum atomic E-state index is 4.18. The molecule has 1 fully saturated rings. The number of piperidine rings is 1. The molecule has 1 aliphatic rings. The van der Waals surface area contributed by atoms with Gasteiger partial charge in [0.05, 0.1) is 6.20 Å². The van der Waals surface area contributed by atoms with Crippen LogP contribution in [-0.2, 0) is 0 Å². The third-order valence-corrected chi connectivity index (χ3v) is 4.58. The summed E-state index contributed by atoms with van der Waals surface area (Å²) in [6.45, 7) is 2.36. The zero-order valence-corrected chi connectivity index (χ0v) is 12.1. The average molecular weight is 281 g/mol. The number of nitrogens with zero attached hydrogens (tertiary/aromatic N) is 3. The Labute approximate surface area is 123 Å². The highest BCUT2D eigenvalue weighted by molar-refractivity contribution is 5.87. The van der Waals surface area contributed by atoms with Gasteiger partial charge < -0.3 is 9.88 Å². The van der Waals surface area contributed by atoms with Crippen molar-refractivity contribution in [1.29, 1.82) is 0 Å². The second-order valence-electron chi connectivity index (χ2n) is 5.94. The molecule has 1 aromatic carbocycles. The Bertz CT molecular complexity index is 735. The molecule has 3 aromatic rings. The summed E-state index contributed by atoms with van der Waals surface area (Å²) in [5, 5.41) is 12.1. The molecular formula is C16H19N5. The van der Waals surface area contributed by atoms with Gasteiger partial charge in [-0.2, -0.15) is 15.4 Å². The van der Waals surface area contributed by atoms with Crippen LogP contribution in [0.3, 0.4) is 0 Å². The van der Waals surface area contributed by atoms with E-state index >= 15 is 0 Å². The van der Waals surface area contributed by atoms with Gasteiger partial charge in [0.25, 0.3) is 0 Å². The zero-order chi connectivity index (χ0) is 14.2. The molecule has 1 saturated heterocycles. The molecule has 0 radical (unpaired) electrons. The van der Waals surface area contributed by atoms with E-state index in [-0.39, 0.29) is 0 Å². The van der Waals surface area contributed by atoms with Crippen LogP contribution >= 0.6 is 0 Å². The number of aromatic amines is 2. The largest absolute Gasteiger partial charge is 0.361 e. The number of rotatable bonds is 2. The van der Waals surface area contributed by atoms with E-state index in [0.29, 0.717) is 5.92 Å². The topological polar surface area (TPSA) is 60.6 Å². The Morgan fingerprint density at radius 2 is 2.10 bits per heavy atom. The normalized spacial score (nSPS) is 17.6. The number of aromatic nitrogens is 4. The molecule has 0 bridgehead atoms. The van der Waals surface area contributed by atoms with Crippen molar-refractivity contribution < 1.29 is 0 Å². The van der Waals surface area contributed by atoms with Crippen molar-refractivity contribution in [3.63, 3.8) is 0 Å². The summed E-state index contributed by atoms with van der Waals surface area (Å²) >= 11 is 0. The smallest absolute Gasteiger partial charge is 0.112 e. The molecule has 0 spiro atoms. The van der Waals surface area contributed by atoms with Gasteiger partial charge in [0.1, 0.15) is 5.69 Å². The third-order valence-electron chi connectivity index (χ3n) is 4.58. The Balaban J connectivity index is 1.74. The standard InChI is InChI=1S/C16H19N5/c1-21-6-4-11(5-7-21)14-9-17-15-3-2-12(8-13(14)15)16-10-18-20-19-16/h2-3,8-11,17H,4-7H2,1H3,(H,18,19,20). The molecule has 5 nitrogen and oxygen atoms in total. The van der Waals surface area contributed by atoms with Crippen molar-refractivity contribution in [2.24, 2.45) is 0 Å². The van der Waals surface area contributed by atoms with Gasteiger partial charge >= 0.3 is 0 Å². The van der Waals surface area contributed by atoms with Crippen LogP contribution in [-0.4, -0.2) is 45.4 Å². The zero-order valence-electron chi connectivity index (χ0n) is 12.1. The minimum Gasteiger partial charge on any atom is -0.361 e. The fourth-order valence-corrected chi connectivity index (χ4v) is 3.30. The van der Waals surface area contributed by atoms with Crippen LogP contribution in [0, 0.1) is 0 Å². The van der Waals surface area contributed by atoms with Gasteiger partial charge in [0.2, 0.25) is 0 Å². The average Bonchev–Trinajstić information content (AvgIpc) is 3.17. The molecule has 108 valence electrons. The van der Waals surface area contributed by atoms with Crippen molar-refractivity contribution in [1.82, 2.24) is 25.3 Å². The number of hydrogen-bond acceptors (Lipinski definition) is 3. The maximum absolute atomic E-state index is 4.18. The van der Waals surface area contributed by atoms with E-state index in [2.05, 4.69) is 56.7 Å². The first kappa shape index (κ1) is 12.6. The lowest BCUT2D eigenvalue weighted by molar-refractivity contribution is 0.256. The second-order valence-corrected chi connectivity index (χ2v) is 5.94. The highest BCUT2D eigenvalue weighted by Gasteiger charge is 2.21. The van der Waals surface area contributed by atoms with Gasteiger partial charge in [-0.05, 0) is 56.6 Å². The molecule has 5 heteroatoms. The monoisotopic (exact) mass is 281 g/mol. The SMILES string of the molecule is CN1CCC(c2c[nH]c3ccc(-c4cn[nH]n4)cc23)CC1. The van der Waals surface area contributed by atoms with Gasteiger partial charge in [-0.25, -0.2) is 0 Å². The Hall–Kier alpha value is -2.14. The molecule has 21 heavy (non-hydrogen) atoms. The first-order chi connectivity index (χ1) is 10.3. The number of benzene rings is 1. The number of hydrogen-bond donors (Lipinski definition) is 2. The maximum Gasteiger partial charge on any atom is 0.112 e. The lowest BCUT2D eigenvalue weighted by Crippen LogP contribution is -2.29. The van der Waals surface area contributed by atoms with Crippen LogP contribution in [0.2, 0.25) is 0 Å². The van der Waals surface area contributed by atoms with Crippen LogP contribution in [0.4, 0.5) is 0 Å². The van der Waals surface area contributed by atoms with Crippen LogP contribution < -0.4 is 0 Å². The second kappa shape index (κ2) is 5.00. The molecule has 4 rings (SSSR count). The molecular weight excluding hydrogens is 262 g/mol. The van der Waals surface area contributed by atoms with Crippen molar-refractivity contribution in [3.8, 4) is 11.3 Å². The minimum absolute atomic E-state index is 0.655. The van der Waals surface area contributed by atoms with E-state index in [1.165, 1.54) is 42.4 Å². The summed E-state index contributed by atoms with van der Waals surface area (Å²) in [5.74, 6) is 0.655. The van der Waals surface area contributed by atoms with Crippen molar-refractivity contribution in [3.05, 3.63) is 36.2 Å². The molecule has 2 aromatic heterocycles. The van der Waals surface area contributed by atoms with Crippen LogP contribution in [0.15, 0.2) is 30.6 Å². The van der Waals surface area contributed by atoms with Gasteiger partial charge in [0, 0.05) is 22.7 Å². The van der Waals surface area contributed by atoms with Crippen molar-refractivity contribution in [2.75, 3.05) is 20.1 Å². The molecule has 0 aliphatic carbocycles. The van der Waals surface area contributed by atoms with Gasteiger partial charge in [-0.3, -0.25) is 0 Å². The van der Waals surface area contributed by atoms with Gasteiger partial charge in [0.15, 0.2) is 0 Å². The van der Waals surface area contributed by atoms with Crippen LogP contribution in [0.1, 0.15) is 24.3 Å². The first-order valence-corrected chi connectivity index (χ1v) is 7.47. The molecule has 0 saturated carbocycles. The fraction of sp³-hybridized carbons (Fsp3) is 0.375. The summed E-state index contributed by atoms with van der Waals surface area (Å²) in [6.07, 6.45) is 6.42. The molecule has 3 heterocycles. The summed E-state index contributed by atoms with van der Waals surface area (Å²) in [4.78, 5) is 5.82. The summed E-state index contributed by atoms with van der Waals surface area (Å²) in [5.41, 5.74) is 4.66. The van der Waals surface area contributed by atoms with E-state index in [1.807, 2.05) is 0 Å². The molecule has 2 N–H and O–H groups in total. The Kier molecular flexibility index (Phi) is 3.00. The Morgan fingerprint density at radius 1 is 1.24 bits per heavy atom. The lowest BCUT2D eigenvalue weighted by Gasteiger charge is -2.28. The number of nitrogens with one attached hydrogen (secondary N) is 2. The summed E-state index contributed by atoms with van der Waals surface area (Å²) in [6, 6.07) is 6.46. The van der Waals surface area contributed by atoms with E-state index in [4.69, 9.17) is 0 Å². The highest BCUT2D eigenvalue weighted by atomic mass is 15.3. The number of likely N-dealkylation sites (tertiary alicyclic amines) is 1. The van der Waals surface area contributed by atoms with E-state index < -0.39 is 0 Å². The van der Waals surface area contributed by atoms with E-state index in [1.54, 1.807) is 6.20 Å². The van der Waals surface area contributed by atoms with Gasteiger partial charge in [-0.1, -0.05) is 6.07 Å². The quantitative estimate of drug-likeness (QED) is 0.759. The first-order valence-electron chi connectivity index (χ1n) is 7.47. The van der Waals surface area contributed by atoms with Crippen molar-refractivity contribution in [2.45, 2.75) is 18.8 Å². The number of H-pyrrole nitrogens is 2. The van der Waals surface area contributed by atoms with Crippen LogP contribution in [0.5, 0.6) is 0 Å². The summed E-state index contributed by atoms with van der Waals surface area (Å²) < 4.78 is 0. The van der Waals surface area contributed by atoms with E-state index in [0.717, 1.165) is 11.3 Å². The molecule has 1 aliphatic heterocycles. The highest BCUT2D eigenvalue weighted by Crippen LogP contribution is 2.34. The fourth-order valence-electron chi connectivity index (χ4n) is 3.30. The molecule has 0 atom stereocenters. The van der Waals surface area contributed by atoms with Crippen LogP contribution in [0.25, 0.3) is 22.2 Å². The van der Waals surface area contributed by atoms with Crippen molar-refractivity contribution >= 4 is 10.9 Å². The third kappa shape index (κ3) is 2.23. The summed E-state index contributed by atoms with van der Waals surface area (Å²) in [7, 11) is 2.20. The minimum atomic E-state index is 0.655. The van der Waals surface area contributed by atoms with Gasteiger partial charge in [-0.15, -0.1) is 0 Å². The lowest BCUT2D eigenvalue weighted by atomic mass is 9.89. The predicted molar refractivity (Wildman–Crippen MR) is 83.1 cm³/mol.